The van der Waals surface area contributed by atoms with E-state index < -0.39 is 0 Å². The molecule has 0 saturated heterocycles. The fourth-order valence-electron chi connectivity index (χ4n) is 1.95. The van der Waals surface area contributed by atoms with Crippen molar-refractivity contribution < 1.29 is 0 Å². The molecule has 1 aromatic rings. The van der Waals surface area contributed by atoms with Gasteiger partial charge in [-0.3, -0.25) is 0 Å². The summed E-state index contributed by atoms with van der Waals surface area (Å²) >= 11 is 5.79. The highest BCUT2D eigenvalue weighted by Crippen LogP contribution is 2.22. The van der Waals surface area contributed by atoms with E-state index in [0.717, 1.165) is 12.4 Å². The Bertz CT molecular complexity index is 286. The minimum absolute atomic E-state index is 0.433. The van der Waals surface area contributed by atoms with E-state index in [4.69, 9.17) is 11.6 Å². The molecule has 0 atom stereocenters. The molecule has 0 aromatic carbocycles. The largest absolute Gasteiger partial charge is 0.316 e. The van der Waals surface area contributed by atoms with Gasteiger partial charge in [0.25, 0.3) is 0 Å². The first kappa shape index (κ1) is 12.5. The van der Waals surface area contributed by atoms with Gasteiger partial charge in [-0.05, 0) is 17.8 Å². The number of halogens is 1. The van der Waals surface area contributed by atoms with Gasteiger partial charge >= 0.3 is 0 Å². The van der Waals surface area contributed by atoms with Crippen LogP contribution in [0.1, 0.15) is 33.5 Å². The van der Waals surface area contributed by atoms with Gasteiger partial charge in [0.2, 0.25) is 0 Å². The summed E-state index contributed by atoms with van der Waals surface area (Å²) in [4.78, 5) is 0. The smallest absolute Gasteiger partial charge is 0.147 e. The van der Waals surface area contributed by atoms with Crippen molar-refractivity contribution in [1.29, 1.82) is 0 Å². The van der Waals surface area contributed by atoms with Crippen LogP contribution in [0.5, 0.6) is 0 Å². The monoisotopic (exact) mass is 229 g/mol. The lowest BCUT2D eigenvalue weighted by Gasteiger charge is -2.25. The van der Waals surface area contributed by atoms with E-state index >= 15 is 0 Å². The van der Waals surface area contributed by atoms with E-state index in [1.54, 1.807) is 6.33 Å². The van der Waals surface area contributed by atoms with Gasteiger partial charge < -0.3 is 4.57 Å². The van der Waals surface area contributed by atoms with Crippen molar-refractivity contribution >= 4 is 11.6 Å². The summed E-state index contributed by atoms with van der Waals surface area (Å²) in [6.07, 6.45) is 1.77. The highest BCUT2D eigenvalue weighted by molar-refractivity contribution is 6.16. The zero-order valence-electron chi connectivity index (χ0n) is 9.94. The summed E-state index contributed by atoms with van der Waals surface area (Å²) in [5.41, 5.74) is 0. The Labute approximate surface area is 96.8 Å². The molecular weight excluding hydrogens is 210 g/mol. The molecule has 0 saturated carbocycles. The van der Waals surface area contributed by atoms with E-state index in [2.05, 4.69) is 42.5 Å². The fourth-order valence-corrected chi connectivity index (χ4v) is 2.16. The molecule has 0 radical (unpaired) electrons. The fraction of sp³-hybridized carbons (Fsp3) is 0.818. The molecule has 0 spiro atoms. The molecule has 0 unspecified atom stereocenters. The van der Waals surface area contributed by atoms with Crippen molar-refractivity contribution in [2.24, 2.45) is 17.8 Å². The zero-order chi connectivity index (χ0) is 11.4. The molecular formula is C11H20ClN3. The first-order valence-corrected chi connectivity index (χ1v) is 6.02. The highest BCUT2D eigenvalue weighted by atomic mass is 35.5. The molecule has 0 bridgehead atoms. The van der Waals surface area contributed by atoms with E-state index in [1.807, 2.05) is 0 Å². The average Bonchev–Trinajstić information content (AvgIpc) is 2.59. The maximum atomic E-state index is 5.79. The Morgan fingerprint density at radius 1 is 1.27 bits per heavy atom. The van der Waals surface area contributed by atoms with Gasteiger partial charge in [0.05, 0.1) is 5.88 Å². The van der Waals surface area contributed by atoms with Crippen molar-refractivity contribution in [3.63, 3.8) is 0 Å². The van der Waals surface area contributed by atoms with Crippen LogP contribution in [0.15, 0.2) is 6.33 Å². The lowest BCUT2D eigenvalue weighted by atomic mass is 9.85. The van der Waals surface area contributed by atoms with E-state index in [1.165, 1.54) is 0 Å². The van der Waals surface area contributed by atoms with Crippen LogP contribution in [0.3, 0.4) is 0 Å². The van der Waals surface area contributed by atoms with Gasteiger partial charge in [-0.1, -0.05) is 27.7 Å². The van der Waals surface area contributed by atoms with Crippen LogP contribution in [0.4, 0.5) is 0 Å². The van der Waals surface area contributed by atoms with Gasteiger partial charge in [0.15, 0.2) is 0 Å². The second-order valence-corrected chi connectivity index (χ2v) is 4.95. The van der Waals surface area contributed by atoms with Gasteiger partial charge in [0.1, 0.15) is 12.2 Å². The van der Waals surface area contributed by atoms with E-state index in [-0.39, 0.29) is 0 Å². The van der Waals surface area contributed by atoms with Gasteiger partial charge in [-0.2, -0.15) is 0 Å². The molecule has 0 aliphatic carbocycles. The second-order valence-electron chi connectivity index (χ2n) is 4.69. The normalized spacial score (nSPS) is 12.0. The van der Waals surface area contributed by atoms with Crippen molar-refractivity contribution in [2.45, 2.75) is 40.1 Å². The summed E-state index contributed by atoms with van der Waals surface area (Å²) in [6.45, 7) is 10.00. The first-order valence-electron chi connectivity index (χ1n) is 5.48. The number of aromatic nitrogens is 3. The van der Waals surface area contributed by atoms with Crippen molar-refractivity contribution in [1.82, 2.24) is 14.8 Å². The van der Waals surface area contributed by atoms with Crippen LogP contribution in [0.25, 0.3) is 0 Å². The Morgan fingerprint density at radius 2 is 1.87 bits per heavy atom. The van der Waals surface area contributed by atoms with Gasteiger partial charge in [0, 0.05) is 6.54 Å². The number of hydrogen-bond donors (Lipinski definition) is 0. The molecule has 1 heterocycles. The third kappa shape index (κ3) is 3.20. The molecule has 0 N–H and O–H groups in total. The maximum absolute atomic E-state index is 5.79. The lowest BCUT2D eigenvalue weighted by Crippen LogP contribution is -2.22. The van der Waals surface area contributed by atoms with Crippen LogP contribution in [0, 0.1) is 17.8 Å². The highest BCUT2D eigenvalue weighted by Gasteiger charge is 2.19. The number of alkyl halides is 1. The Hall–Kier alpha value is -0.570. The first-order chi connectivity index (χ1) is 7.06. The van der Waals surface area contributed by atoms with Crippen LogP contribution in [-0.4, -0.2) is 14.8 Å². The molecule has 0 amide bonds. The predicted octanol–water partition coefficient (Wildman–Crippen LogP) is 2.95. The van der Waals surface area contributed by atoms with Crippen molar-refractivity contribution in [3.8, 4) is 0 Å². The molecule has 1 aromatic heterocycles. The van der Waals surface area contributed by atoms with Crippen LogP contribution >= 0.6 is 11.6 Å². The van der Waals surface area contributed by atoms with Crippen molar-refractivity contribution in [3.05, 3.63) is 12.2 Å². The number of rotatable bonds is 5. The summed E-state index contributed by atoms with van der Waals surface area (Å²) < 4.78 is 2.07. The summed E-state index contributed by atoms with van der Waals surface area (Å²) in [6, 6.07) is 0. The Morgan fingerprint density at radius 3 is 2.33 bits per heavy atom. The predicted molar refractivity (Wildman–Crippen MR) is 62.7 cm³/mol. The SMILES string of the molecule is CC(C)C(Cn1cnnc1CCl)C(C)C. The topological polar surface area (TPSA) is 30.7 Å². The van der Waals surface area contributed by atoms with Crippen LogP contribution in [0.2, 0.25) is 0 Å². The minimum Gasteiger partial charge on any atom is -0.316 e. The third-order valence-electron chi connectivity index (χ3n) is 2.94. The van der Waals surface area contributed by atoms with Crippen LogP contribution in [-0.2, 0) is 12.4 Å². The van der Waals surface area contributed by atoms with E-state index in [9.17, 15) is 0 Å². The molecule has 0 aliphatic heterocycles. The minimum atomic E-state index is 0.433. The molecule has 3 nitrogen and oxygen atoms in total. The summed E-state index contributed by atoms with van der Waals surface area (Å²) in [5.74, 6) is 3.26. The number of hydrogen-bond acceptors (Lipinski definition) is 2. The van der Waals surface area contributed by atoms with E-state index in [0.29, 0.717) is 23.6 Å². The number of nitrogens with zero attached hydrogens (tertiary/aromatic N) is 3. The lowest BCUT2D eigenvalue weighted by molar-refractivity contribution is 0.250. The molecule has 15 heavy (non-hydrogen) atoms. The van der Waals surface area contributed by atoms with Crippen molar-refractivity contribution in [2.75, 3.05) is 0 Å². The standard InChI is InChI=1S/C11H20ClN3/c1-8(2)10(9(3)4)6-15-7-13-14-11(15)5-12/h7-10H,5-6H2,1-4H3. The average molecular weight is 230 g/mol. The van der Waals surface area contributed by atoms with Gasteiger partial charge in [-0.15, -0.1) is 21.8 Å². The Balaban J connectivity index is 2.74. The molecule has 1 rings (SSSR count). The third-order valence-corrected chi connectivity index (χ3v) is 3.17. The second kappa shape index (κ2) is 5.50. The summed E-state index contributed by atoms with van der Waals surface area (Å²) in [5, 5.41) is 7.88. The molecule has 0 fully saturated rings. The molecule has 86 valence electrons. The summed E-state index contributed by atoms with van der Waals surface area (Å²) in [7, 11) is 0. The van der Waals surface area contributed by atoms with Crippen LogP contribution < -0.4 is 0 Å². The van der Waals surface area contributed by atoms with Gasteiger partial charge in [-0.25, -0.2) is 0 Å². The Kier molecular flexibility index (Phi) is 4.58. The quantitative estimate of drug-likeness (QED) is 0.727. The molecule has 4 heteroatoms. The zero-order valence-corrected chi connectivity index (χ0v) is 10.7. The molecule has 0 aliphatic rings. The maximum Gasteiger partial charge on any atom is 0.147 e.